The molecule has 132 valence electrons. The number of nitrogens with zero attached hydrogens (tertiary/aromatic N) is 2. The molecule has 0 radical (unpaired) electrons. The number of likely N-dealkylation sites (tertiary alicyclic amines) is 1. The van der Waals surface area contributed by atoms with Gasteiger partial charge in [0.1, 0.15) is 11.0 Å². The fourth-order valence-corrected chi connectivity index (χ4v) is 6.43. The highest BCUT2D eigenvalue weighted by molar-refractivity contribution is 7.93. The summed E-state index contributed by atoms with van der Waals surface area (Å²) in [4.78, 5) is 2.16. The molecule has 2 aromatic carbocycles. The number of hydrogen-bond acceptors (Lipinski definition) is 4. The summed E-state index contributed by atoms with van der Waals surface area (Å²) < 4.78 is 33.4. The summed E-state index contributed by atoms with van der Waals surface area (Å²) in [5.74, 6) is 0.699. The Kier molecular flexibility index (Phi) is 3.77. The van der Waals surface area contributed by atoms with Crippen LogP contribution in [0.4, 0.5) is 5.69 Å². The van der Waals surface area contributed by atoms with Crippen LogP contribution in [0.25, 0.3) is 0 Å². The molecule has 2 aliphatic heterocycles. The van der Waals surface area contributed by atoms with Gasteiger partial charge in [-0.3, -0.25) is 9.21 Å². The van der Waals surface area contributed by atoms with Crippen LogP contribution < -0.4 is 9.04 Å². The summed E-state index contributed by atoms with van der Waals surface area (Å²) in [6.45, 7) is 0.711. The van der Waals surface area contributed by atoms with E-state index in [0.717, 1.165) is 22.6 Å². The first kappa shape index (κ1) is 16.4. The quantitative estimate of drug-likeness (QED) is 0.828. The number of sulfonamides is 1. The average Bonchev–Trinajstić information content (AvgIpc) is 2.98. The molecule has 0 spiro atoms. The van der Waals surface area contributed by atoms with Gasteiger partial charge in [-0.15, -0.1) is 0 Å². The van der Waals surface area contributed by atoms with Gasteiger partial charge in [0.15, 0.2) is 0 Å². The van der Waals surface area contributed by atoms with Gasteiger partial charge in [-0.05, 0) is 36.4 Å². The van der Waals surface area contributed by atoms with E-state index in [1.807, 2.05) is 55.6 Å². The highest BCUT2D eigenvalue weighted by Gasteiger charge is 2.54. The normalized spacial score (nSPS) is 27.6. The maximum atomic E-state index is 13.3. The van der Waals surface area contributed by atoms with E-state index in [-0.39, 0.29) is 12.0 Å². The fourth-order valence-electron chi connectivity index (χ4n) is 4.28. The van der Waals surface area contributed by atoms with E-state index in [1.54, 1.807) is 14.2 Å². The Bertz CT molecular complexity index is 898. The lowest BCUT2D eigenvalue weighted by atomic mass is 9.92. The summed E-state index contributed by atoms with van der Waals surface area (Å²) in [6.07, 6.45) is 0. The lowest BCUT2D eigenvalue weighted by molar-refractivity contribution is 0.313. The minimum Gasteiger partial charge on any atom is -0.497 e. The summed E-state index contributed by atoms with van der Waals surface area (Å²) in [7, 11) is 1.84. The molecule has 0 unspecified atom stereocenters. The van der Waals surface area contributed by atoms with Gasteiger partial charge in [-0.25, -0.2) is 8.42 Å². The van der Waals surface area contributed by atoms with Crippen molar-refractivity contribution in [2.75, 3.05) is 32.1 Å². The molecular formula is C19H22N2O3S. The SMILES string of the molecule is COc1ccc2c(c1)[C@H]1[C@H]([C@H](c3ccccc3)CN1C)S(=O)(=O)N2C. The molecule has 1 saturated heterocycles. The van der Waals surface area contributed by atoms with Gasteiger partial charge in [0.25, 0.3) is 0 Å². The number of rotatable bonds is 2. The Morgan fingerprint density at radius 1 is 1.08 bits per heavy atom. The van der Waals surface area contributed by atoms with Gasteiger partial charge in [-0.1, -0.05) is 30.3 Å². The lowest BCUT2D eigenvalue weighted by Gasteiger charge is -2.38. The second-order valence-electron chi connectivity index (χ2n) is 6.80. The number of hydrogen-bond donors (Lipinski definition) is 0. The zero-order chi connectivity index (χ0) is 17.8. The zero-order valence-corrected chi connectivity index (χ0v) is 15.4. The van der Waals surface area contributed by atoms with Crippen LogP contribution in [0.15, 0.2) is 48.5 Å². The summed E-state index contributed by atoms with van der Waals surface area (Å²) >= 11 is 0. The van der Waals surface area contributed by atoms with Crippen LogP contribution in [0.3, 0.4) is 0 Å². The summed E-state index contributed by atoms with van der Waals surface area (Å²) in [6, 6.07) is 15.4. The van der Waals surface area contributed by atoms with E-state index in [0.29, 0.717) is 6.54 Å². The number of benzene rings is 2. The van der Waals surface area contributed by atoms with E-state index >= 15 is 0 Å². The summed E-state index contributed by atoms with van der Waals surface area (Å²) in [5.41, 5.74) is 2.83. The van der Waals surface area contributed by atoms with Gasteiger partial charge in [-0.2, -0.15) is 0 Å². The van der Waals surface area contributed by atoms with E-state index in [9.17, 15) is 8.42 Å². The number of anilines is 1. The maximum absolute atomic E-state index is 13.3. The van der Waals surface area contributed by atoms with E-state index in [4.69, 9.17) is 4.74 Å². The molecule has 0 N–H and O–H groups in total. The number of likely N-dealkylation sites (N-methyl/N-ethyl adjacent to an activating group) is 1. The molecule has 0 aliphatic carbocycles. The first-order valence-electron chi connectivity index (χ1n) is 8.36. The van der Waals surface area contributed by atoms with Crippen molar-refractivity contribution in [2.45, 2.75) is 17.2 Å². The molecule has 0 saturated carbocycles. The molecule has 5 nitrogen and oxygen atoms in total. The molecule has 25 heavy (non-hydrogen) atoms. The molecule has 2 aliphatic rings. The maximum Gasteiger partial charge on any atom is 0.240 e. The van der Waals surface area contributed by atoms with E-state index in [2.05, 4.69) is 4.90 Å². The third-order valence-electron chi connectivity index (χ3n) is 5.51. The molecule has 0 amide bonds. The van der Waals surface area contributed by atoms with Gasteiger partial charge in [0, 0.05) is 19.5 Å². The Hall–Kier alpha value is -2.05. The number of ether oxygens (including phenoxy) is 1. The lowest BCUT2D eigenvalue weighted by Crippen LogP contribution is -2.46. The molecule has 2 aromatic rings. The van der Waals surface area contributed by atoms with Crippen molar-refractivity contribution in [2.24, 2.45) is 0 Å². The van der Waals surface area contributed by atoms with Crippen molar-refractivity contribution in [3.8, 4) is 5.75 Å². The Morgan fingerprint density at radius 2 is 1.80 bits per heavy atom. The van der Waals surface area contributed by atoms with Crippen LogP contribution in [0.1, 0.15) is 23.1 Å². The highest BCUT2D eigenvalue weighted by Crippen LogP contribution is 2.51. The fraction of sp³-hybridized carbons (Fsp3) is 0.368. The first-order chi connectivity index (χ1) is 11.9. The smallest absolute Gasteiger partial charge is 0.240 e. The second kappa shape index (κ2) is 5.75. The van der Waals surface area contributed by atoms with Gasteiger partial charge in [0.05, 0.1) is 18.8 Å². The molecule has 3 atom stereocenters. The van der Waals surface area contributed by atoms with Crippen molar-refractivity contribution in [3.63, 3.8) is 0 Å². The van der Waals surface area contributed by atoms with Crippen molar-refractivity contribution in [1.29, 1.82) is 0 Å². The Morgan fingerprint density at radius 3 is 2.48 bits per heavy atom. The minimum atomic E-state index is -3.45. The predicted molar refractivity (Wildman–Crippen MR) is 98.7 cm³/mol. The van der Waals surface area contributed by atoms with Crippen LogP contribution in [0.2, 0.25) is 0 Å². The number of methoxy groups -OCH3 is 1. The topological polar surface area (TPSA) is 49.9 Å². The van der Waals surface area contributed by atoms with Crippen LogP contribution in [-0.2, 0) is 10.0 Å². The van der Waals surface area contributed by atoms with Crippen LogP contribution in [0.5, 0.6) is 5.75 Å². The van der Waals surface area contributed by atoms with Crippen molar-refractivity contribution < 1.29 is 13.2 Å². The second-order valence-corrected chi connectivity index (χ2v) is 8.93. The highest BCUT2D eigenvalue weighted by atomic mass is 32.2. The van der Waals surface area contributed by atoms with Crippen LogP contribution >= 0.6 is 0 Å². The Balaban J connectivity index is 1.90. The van der Waals surface area contributed by atoms with Crippen molar-refractivity contribution in [3.05, 3.63) is 59.7 Å². The molecular weight excluding hydrogens is 336 g/mol. The monoisotopic (exact) mass is 358 g/mol. The molecule has 1 fully saturated rings. The third kappa shape index (κ3) is 2.35. The van der Waals surface area contributed by atoms with Crippen LogP contribution in [-0.4, -0.2) is 46.3 Å². The van der Waals surface area contributed by atoms with Crippen LogP contribution in [0, 0.1) is 0 Å². The molecule has 0 bridgehead atoms. The molecule has 6 heteroatoms. The Labute approximate surface area is 148 Å². The van der Waals surface area contributed by atoms with E-state index in [1.165, 1.54) is 4.31 Å². The number of fused-ring (bicyclic) bond motifs is 3. The van der Waals surface area contributed by atoms with Gasteiger partial charge in [0.2, 0.25) is 10.0 Å². The molecule has 0 aromatic heterocycles. The van der Waals surface area contributed by atoms with Crippen molar-refractivity contribution >= 4 is 15.7 Å². The zero-order valence-electron chi connectivity index (χ0n) is 14.6. The minimum absolute atomic E-state index is 0.0528. The standard InChI is InChI=1S/C19H22N2O3S/c1-20-12-16(13-7-5-4-6-8-13)19-18(20)15-11-14(24-3)9-10-17(15)21(2)25(19,22)23/h4-11,16,18-19H,12H2,1-3H3/t16-,18-,19-/m0/s1. The summed E-state index contributed by atoms with van der Waals surface area (Å²) in [5, 5.41) is -0.496. The average molecular weight is 358 g/mol. The molecule has 2 heterocycles. The van der Waals surface area contributed by atoms with Gasteiger partial charge >= 0.3 is 0 Å². The van der Waals surface area contributed by atoms with Crippen molar-refractivity contribution in [1.82, 2.24) is 4.90 Å². The third-order valence-corrected chi connectivity index (χ3v) is 7.75. The molecule has 4 rings (SSSR count). The predicted octanol–water partition coefficient (Wildman–Crippen LogP) is 2.61. The largest absolute Gasteiger partial charge is 0.497 e. The van der Waals surface area contributed by atoms with Gasteiger partial charge < -0.3 is 4.74 Å². The first-order valence-corrected chi connectivity index (χ1v) is 9.86. The van der Waals surface area contributed by atoms with E-state index < -0.39 is 15.3 Å².